The lowest BCUT2D eigenvalue weighted by molar-refractivity contribution is -0.001000. The summed E-state index contributed by atoms with van der Waals surface area (Å²) in [6.45, 7) is 11.2. The Balaban J connectivity index is -0.0000000268. The van der Waals surface area contributed by atoms with Gasteiger partial charge < -0.3 is 9.41 Å². The summed E-state index contributed by atoms with van der Waals surface area (Å²) in [7, 11) is 0. The van der Waals surface area contributed by atoms with Crippen molar-refractivity contribution in [3.05, 3.63) is 38.0 Å². The van der Waals surface area contributed by atoms with Crippen molar-refractivity contribution in [1.29, 1.82) is 0 Å². The van der Waals surface area contributed by atoms with Gasteiger partial charge >= 0.3 is 12.2 Å². The lowest BCUT2D eigenvalue weighted by Gasteiger charge is -1.69. The second kappa shape index (κ2) is 30.8. The van der Waals surface area contributed by atoms with Crippen LogP contribution in [0.15, 0.2) is 38.0 Å². The Morgan fingerprint density at radius 2 is 1.00 bits per heavy atom. The largest absolute Gasteiger partial charge is 1.00 e. The molecule has 13 heavy (non-hydrogen) atoms. The predicted molar refractivity (Wildman–Crippen MR) is 38.6 cm³/mol. The van der Waals surface area contributed by atoms with E-state index in [2.05, 4.69) is 19.7 Å². The Morgan fingerprint density at radius 3 is 1.00 bits per heavy atom. The average Bonchev–Trinajstić information content (AvgIpc) is 1.93. The molecule has 0 heterocycles. The Labute approximate surface area is 73.0 Å². The van der Waals surface area contributed by atoms with Crippen LogP contribution in [-0.4, -0.2) is 0 Å². The highest BCUT2D eigenvalue weighted by Gasteiger charge is 1.98. The van der Waals surface area contributed by atoms with Gasteiger partial charge in [0.1, 0.15) is 0 Å². The van der Waals surface area contributed by atoms with Crippen molar-refractivity contribution >= 4 is 0 Å². The molecule has 82 valence electrons. The zero-order chi connectivity index (χ0) is 9.86. The van der Waals surface area contributed by atoms with Crippen LogP contribution in [0.4, 0.5) is 17.6 Å². The minimum atomic E-state index is -2.91. The topological polar surface area (TPSA) is 0 Å². The van der Waals surface area contributed by atoms with E-state index in [1.54, 1.807) is 6.08 Å². The van der Waals surface area contributed by atoms with Crippen molar-refractivity contribution in [1.82, 2.24) is 0 Å². The van der Waals surface area contributed by atoms with Gasteiger partial charge in [0.05, 0.1) is 0 Å². The molecular weight excluding hydrogens is 198 g/mol. The van der Waals surface area contributed by atoms with Gasteiger partial charge in [0, 0.05) is 0 Å². The van der Waals surface area contributed by atoms with Crippen LogP contribution in [0, 0.1) is 0 Å². The molecule has 6 heteroatoms. The van der Waals surface area contributed by atoms with Crippen LogP contribution in [-0.2, 0) is 0 Å². The average molecular weight is 208 g/mol. The van der Waals surface area contributed by atoms with E-state index >= 15 is 0 Å². The van der Waals surface area contributed by atoms with Gasteiger partial charge in [-0.25, -0.2) is 0 Å². The SMILES string of the molecule is C=C.C=CC.FC(F)=C(F)F.[F-].[F-]. The minimum Gasteiger partial charge on any atom is -1.00 e. The third-order valence-electron chi connectivity index (χ3n) is 0.143. The van der Waals surface area contributed by atoms with Crippen LogP contribution >= 0.6 is 0 Å². The summed E-state index contributed by atoms with van der Waals surface area (Å²) in [4.78, 5) is 0. The van der Waals surface area contributed by atoms with Gasteiger partial charge in [-0.15, -0.1) is 19.7 Å². The number of rotatable bonds is 0. The normalized spacial score (nSPS) is 5.00. The van der Waals surface area contributed by atoms with Crippen molar-refractivity contribution in [2.24, 2.45) is 0 Å². The molecule has 0 aromatic heterocycles. The van der Waals surface area contributed by atoms with Gasteiger partial charge in [0.25, 0.3) is 0 Å². The fourth-order valence-corrected chi connectivity index (χ4v) is 0. The highest BCUT2D eigenvalue weighted by Crippen LogP contribution is 2.08. The summed E-state index contributed by atoms with van der Waals surface area (Å²) in [6.07, 6.45) is -4.06. The second-order valence-corrected chi connectivity index (χ2v) is 0.929. The third kappa shape index (κ3) is 107. The Morgan fingerprint density at radius 1 is 0.923 bits per heavy atom. The lowest BCUT2D eigenvalue weighted by atomic mass is 10.8. The highest BCUT2D eigenvalue weighted by molar-refractivity contribution is 4.77. The first-order valence-electron chi connectivity index (χ1n) is 2.49. The molecular formula is C7H10F6-2. The van der Waals surface area contributed by atoms with Crippen molar-refractivity contribution in [3.8, 4) is 0 Å². The third-order valence-corrected chi connectivity index (χ3v) is 0.143. The molecule has 0 aliphatic carbocycles. The van der Waals surface area contributed by atoms with Gasteiger partial charge in [-0.1, -0.05) is 6.08 Å². The number of halogens is 6. The smallest absolute Gasteiger partial charge is 0.334 e. The first-order valence-corrected chi connectivity index (χ1v) is 2.49. The van der Waals surface area contributed by atoms with E-state index in [0.717, 1.165) is 0 Å². The van der Waals surface area contributed by atoms with E-state index < -0.39 is 12.2 Å². The number of hydrogen-bond acceptors (Lipinski definition) is 0. The van der Waals surface area contributed by atoms with Crippen molar-refractivity contribution in [2.75, 3.05) is 0 Å². The van der Waals surface area contributed by atoms with Gasteiger partial charge in [-0.2, -0.15) is 17.6 Å². The van der Waals surface area contributed by atoms with Gasteiger partial charge in [-0.05, 0) is 6.92 Å². The summed E-state index contributed by atoms with van der Waals surface area (Å²) in [5.74, 6) is 0. The molecule has 0 unspecified atom stereocenters. The fraction of sp³-hybridized carbons (Fsp3) is 0.143. The van der Waals surface area contributed by atoms with Crippen LogP contribution in [0.2, 0.25) is 0 Å². The summed E-state index contributed by atoms with van der Waals surface area (Å²) < 4.78 is 41.1. The van der Waals surface area contributed by atoms with Crippen molar-refractivity contribution < 1.29 is 27.0 Å². The van der Waals surface area contributed by atoms with Crippen molar-refractivity contribution in [3.63, 3.8) is 0 Å². The van der Waals surface area contributed by atoms with E-state index in [9.17, 15) is 17.6 Å². The molecule has 0 bridgehead atoms. The molecule has 0 rings (SSSR count). The molecule has 0 N–H and O–H groups in total. The summed E-state index contributed by atoms with van der Waals surface area (Å²) in [6, 6.07) is 0. The van der Waals surface area contributed by atoms with E-state index in [4.69, 9.17) is 0 Å². The van der Waals surface area contributed by atoms with Crippen LogP contribution in [0.3, 0.4) is 0 Å². The molecule has 0 aromatic rings. The standard InChI is InChI=1S/C3H6.C2F4.C2H4.2FH/c1-3-2;3-1(4)2(5)6;1-2;;/h3H,1H2,2H3;;1-2H2;2*1H/p-2. The van der Waals surface area contributed by atoms with E-state index in [-0.39, 0.29) is 9.41 Å². The summed E-state index contributed by atoms with van der Waals surface area (Å²) in [5.41, 5.74) is 0. The maximum absolute atomic E-state index is 10.3. The molecule has 0 saturated carbocycles. The summed E-state index contributed by atoms with van der Waals surface area (Å²) in [5, 5.41) is 0. The molecule has 0 fully saturated rings. The molecule has 0 atom stereocenters. The predicted octanol–water partition coefficient (Wildman–Crippen LogP) is -2.01. The fourth-order valence-electron chi connectivity index (χ4n) is 0. The minimum absolute atomic E-state index is 0. The van der Waals surface area contributed by atoms with E-state index in [1.807, 2.05) is 6.92 Å². The molecule has 0 aromatic carbocycles. The lowest BCUT2D eigenvalue weighted by Crippen LogP contribution is -3.00. The van der Waals surface area contributed by atoms with Crippen molar-refractivity contribution in [2.45, 2.75) is 6.92 Å². The second-order valence-electron chi connectivity index (χ2n) is 0.929. The maximum Gasteiger partial charge on any atom is 0.334 e. The van der Waals surface area contributed by atoms with Gasteiger partial charge in [-0.3, -0.25) is 0 Å². The quantitative estimate of drug-likeness (QED) is 0.319. The molecule has 0 saturated heterocycles. The van der Waals surface area contributed by atoms with E-state index in [0.29, 0.717) is 0 Å². The number of allylic oxidation sites excluding steroid dienone is 1. The Kier molecular flexibility index (Phi) is 70.6. The molecule has 0 radical (unpaired) electrons. The van der Waals surface area contributed by atoms with Crippen LogP contribution < -0.4 is 9.41 Å². The first kappa shape index (κ1) is 29.8. The van der Waals surface area contributed by atoms with Gasteiger partial charge in [0.2, 0.25) is 0 Å². The molecule has 0 aliphatic heterocycles. The van der Waals surface area contributed by atoms with Crippen LogP contribution in [0.5, 0.6) is 0 Å². The zero-order valence-electron chi connectivity index (χ0n) is 6.97. The Bertz CT molecular complexity index is 102. The van der Waals surface area contributed by atoms with Crippen LogP contribution in [0.1, 0.15) is 6.92 Å². The molecule has 0 amide bonds. The molecule has 0 aliphatic rings. The highest BCUT2D eigenvalue weighted by atomic mass is 19.3. The van der Waals surface area contributed by atoms with E-state index in [1.165, 1.54) is 0 Å². The van der Waals surface area contributed by atoms with Gasteiger partial charge in [0.15, 0.2) is 0 Å². The molecule has 0 nitrogen and oxygen atoms in total. The first-order chi connectivity index (χ1) is 5.06. The monoisotopic (exact) mass is 208 g/mol. The maximum atomic E-state index is 10.3. The Hall–Kier alpha value is -1.20. The molecule has 0 spiro atoms. The van der Waals surface area contributed by atoms with Crippen LogP contribution in [0.25, 0.3) is 0 Å². The summed E-state index contributed by atoms with van der Waals surface area (Å²) >= 11 is 0. The number of hydrogen-bond donors (Lipinski definition) is 0. The zero-order valence-corrected chi connectivity index (χ0v) is 6.97.